The normalized spacial score (nSPS) is 16.6. The second-order valence-corrected chi connectivity index (χ2v) is 21.1. The first-order valence-electron chi connectivity index (χ1n) is 22.8. The molecular formula is C47H78N6O13. The molecule has 374 valence electrons. The number of carboxylic acids is 2. The van der Waals surface area contributed by atoms with Crippen LogP contribution in [0.5, 0.6) is 0 Å². The summed E-state index contributed by atoms with van der Waals surface area (Å²) in [6, 6.07) is -8.18. The van der Waals surface area contributed by atoms with Gasteiger partial charge in [-0.25, -0.2) is 4.79 Å². The molecule has 66 heavy (non-hydrogen) atoms. The van der Waals surface area contributed by atoms with Crippen LogP contribution in [-0.2, 0) is 47.9 Å². The molecule has 1 aliphatic rings. The number of aliphatic carboxylic acids is 2. The SMILES string of the molecule is C=CC[C@H](NC(=O)[C@@H]1CCCN1C(=O)[C@@H](NC(=O)[C@H](C(C)C)N(C(=O)[C@H](CCC(=O)O)N(C(=O)[C@H](CC(=O)O)NC(=O)OC(C)(C)C)C(C)(C)C)C(C)(C)C)C(C)C)C(=O)C(=O)CC(C)C. The molecule has 1 saturated heterocycles. The molecule has 1 aliphatic heterocycles. The van der Waals surface area contributed by atoms with Gasteiger partial charge in [0.25, 0.3) is 0 Å². The van der Waals surface area contributed by atoms with Crippen LogP contribution in [0.2, 0.25) is 0 Å². The van der Waals surface area contributed by atoms with E-state index in [9.17, 15) is 53.4 Å². The first-order chi connectivity index (χ1) is 30.1. The molecule has 5 N–H and O–H groups in total. The minimum absolute atomic E-state index is 0.00167. The molecule has 19 nitrogen and oxygen atoms in total. The molecule has 1 rings (SSSR count). The fraction of sp³-hybridized carbons (Fsp3) is 0.745. The molecule has 0 aromatic carbocycles. The molecule has 19 heteroatoms. The predicted octanol–water partition coefficient (Wildman–Crippen LogP) is 4.24. The van der Waals surface area contributed by atoms with Crippen LogP contribution in [0, 0.1) is 17.8 Å². The summed E-state index contributed by atoms with van der Waals surface area (Å²) in [6.45, 7) is 28.4. The van der Waals surface area contributed by atoms with Crippen LogP contribution < -0.4 is 16.0 Å². The summed E-state index contributed by atoms with van der Waals surface area (Å²) in [5, 5.41) is 27.5. The van der Waals surface area contributed by atoms with E-state index in [0.29, 0.717) is 6.42 Å². The van der Waals surface area contributed by atoms with Gasteiger partial charge in [0.05, 0.1) is 12.5 Å². The molecule has 0 aliphatic carbocycles. The summed E-state index contributed by atoms with van der Waals surface area (Å²) < 4.78 is 5.30. The summed E-state index contributed by atoms with van der Waals surface area (Å²) in [5.74, 6) is -9.35. The number of likely N-dealkylation sites (tertiary alicyclic amines) is 1. The molecule has 0 aromatic heterocycles. The maximum Gasteiger partial charge on any atom is 0.408 e. The molecule has 1 heterocycles. The predicted molar refractivity (Wildman–Crippen MR) is 246 cm³/mol. The highest BCUT2D eigenvalue weighted by atomic mass is 16.6. The van der Waals surface area contributed by atoms with Gasteiger partial charge in [0.15, 0.2) is 0 Å². The second kappa shape index (κ2) is 24.4. The minimum Gasteiger partial charge on any atom is -0.481 e. The van der Waals surface area contributed by atoms with Crippen molar-refractivity contribution in [3.8, 4) is 0 Å². The quantitative estimate of drug-likeness (QED) is 0.0710. The number of ketones is 2. The van der Waals surface area contributed by atoms with Crippen molar-refractivity contribution in [2.75, 3.05) is 6.54 Å². The molecular weight excluding hydrogens is 857 g/mol. The van der Waals surface area contributed by atoms with Gasteiger partial charge in [-0.15, -0.1) is 6.58 Å². The van der Waals surface area contributed by atoms with E-state index in [1.165, 1.54) is 15.9 Å². The van der Waals surface area contributed by atoms with E-state index in [4.69, 9.17) is 4.74 Å². The molecule has 6 atom stereocenters. The Kier molecular flexibility index (Phi) is 21.7. The molecule has 0 saturated carbocycles. The van der Waals surface area contributed by atoms with Gasteiger partial charge in [-0.1, -0.05) is 47.6 Å². The maximum absolute atomic E-state index is 15.3. The molecule has 1 fully saturated rings. The summed E-state index contributed by atoms with van der Waals surface area (Å²) in [4.78, 5) is 139. The summed E-state index contributed by atoms with van der Waals surface area (Å²) in [7, 11) is 0. The number of alkyl carbamates (subject to hydrolysis) is 1. The zero-order valence-corrected chi connectivity index (χ0v) is 41.9. The summed E-state index contributed by atoms with van der Waals surface area (Å²) in [5.41, 5.74) is -3.55. The van der Waals surface area contributed by atoms with Crippen LogP contribution in [0.25, 0.3) is 0 Å². The van der Waals surface area contributed by atoms with Crippen LogP contribution in [0.1, 0.15) is 149 Å². The van der Waals surface area contributed by atoms with Gasteiger partial charge in [-0.05, 0) is 106 Å². The lowest BCUT2D eigenvalue weighted by Gasteiger charge is -2.49. The number of carbonyl (C=O) groups is 10. The van der Waals surface area contributed by atoms with Gasteiger partial charge in [-0.3, -0.25) is 43.2 Å². The number of rotatable bonds is 23. The highest BCUT2D eigenvalue weighted by Gasteiger charge is 2.49. The third kappa shape index (κ3) is 17.5. The Morgan fingerprint density at radius 1 is 0.742 bits per heavy atom. The Balaban J connectivity index is 3.81. The summed E-state index contributed by atoms with van der Waals surface area (Å²) >= 11 is 0. The van der Waals surface area contributed by atoms with Crippen molar-refractivity contribution in [2.24, 2.45) is 17.8 Å². The highest BCUT2D eigenvalue weighted by Crippen LogP contribution is 2.31. The number of nitrogens with zero attached hydrogens (tertiary/aromatic N) is 3. The number of carboxylic acid groups (broad SMARTS) is 2. The van der Waals surface area contributed by atoms with Crippen molar-refractivity contribution < 1.29 is 62.9 Å². The lowest BCUT2D eigenvalue weighted by molar-refractivity contribution is -0.162. The van der Waals surface area contributed by atoms with Gasteiger partial charge in [0.2, 0.25) is 41.1 Å². The molecule has 6 amide bonds. The zero-order valence-electron chi connectivity index (χ0n) is 41.9. The number of hydrogen-bond acceptors (Lipinski definition) is 11. The standard InChI is InChI=1S/C47H78N6O13/c1-17-19-29(38(59)33(54)24-26(2)3)48-39(60)31-20-18-23-51(31)43(64)36(27(4)5)50-40(61)37(28(6)7)53(46(11,12)13)42(63)32(21-22-34(55)56)52(45(8,9)10)41(62)30(25-35(57)58)49-44(65)66-47(14,15)16/h17,26-32,36-37H,1,18-25H2,2-16H3,(H,48,60)(H,49,65)(H,50,61)(H,55,56)(H,57,58)/t29-,30-,31-,32-,36-,37-/m0/s1. The first kappa shape index (κ1) is 58.7. The van der Waals surface area contributed by atoms with Crippen molar-refractivity contribution >= 4 is 59.1 Å². The average molecular weight is 935 g/mol. The van der Waals surface area contributed by atoms with Gasteiger partial charge < -0.3 is 45.6 Å². The van der Waals surface area contributed by atoms with Crippen molar-refractivity contribution in [3.05, 3.63) is 12.7 Å². The highest BCUT2D eigenvalue weighted by molar-refractivity contribution is 6.39. The Labute approximate surface area is 390 Å². The molecule has 0 spiro atoms. The monoisotopic (exact) mass is 935 g/mol. The van der Waals surface area contributed by atoms with Gasteiger partial charge in [0, 0.05) is 30.5 Å². The number of ether oxygens (including phenoxy) is 1. The second-order valence-electron chi connectivity index (χ2n) is 21.1. The van der Waals surface area contributed by atoms with Crippen molar-refractivity contribution in [1.29, 1.82) is 0 Å². The molecule has 0 bridgehead atoms. The maximum atomic E-state index is 15.3. The van der Waals surface area contributed by atoms with E-state index in [1.54, 1.807) is 104 Å². The Morgan fingerprint density at radius 3 is 1.74 bits per heavy atom. The Bertz CT molecular complexity index is 1810. The fourth-order valence-corrected chi connectivity index (χ4v) is 7.90. The van der Waals surface area contributed by atoms with E-state index in [1.807, 2.05) is 0 Å². The van der Waals surface area contributed by atoms with Crippen LogP contribution >= 0.6 is 0 Å². The Hall–Kier alpha value is -5.36. The third-order valence-electron chi connectivity index (χ3n) is 10.7. The number of nitrogens with one attached hydrogen (secondary N) is 3. The number of hydrogen-bond donors (Lipinski definition) is 5. The van der Waals surface area contributed by atoms with Gasteiger partial charge in [0.1, 0.15) is 35.8 Å². The van der Waals surface area contributed by atoms with Crippen LogP contribution in [0.3, 0.4) is 0 Å². The number of carbonyl (C=O) groups excluding carboxylic acids is 8. The van der Waals surface area contributed by atoms with E-state index >= 15 is 4.79 Å². The average Bonchev–Trinajstić information content (AvgIpc) is 3.64. The molecule has 0 unspecified atom stereocenters. The van der Waals surface area contributed by atoms with E-state index < -0.39 is 143 Å². The van der Waals surface area contributed by atoms with E-state index in [-0.39, 0.29) is 31.7 Å². The first-order valence-corrected chi connectivity index (χ1v) is 22.8. The van der Waals surface area contributed by atoms with Crippen molar-refractivity contribution in [1.82, 2.24) is 30.7 Å². The topological polar surface area (TPSA) is 266 Å². The van der Waals surface area contributed by atoms with Crippen LogP contribution in [0.15, 0.2) is 12.7 Å². The van der Waals surface area contributed by atoms with Crippen LogP contribution in [-0.4, -0.2) is 144 Å². The third-order valence-corrected chi connectivity index (χ3v) is 10.7. The van der Waals surface area contributed by atoms with Crippen molar-refractivity contribution in [2.45, 2.75) is 202 Å². The molecule has 0 radical (unpaired) electrons. The van der Waals surface area contributed by atoms with Gasteiger partial charge >= 0.3 is 18.0 Å². The van der Waals surface area contributed by atoms with E-state index in [2.05, 4.69) is 22.5 Å². The smallest absolute Gasteiger partial charge is 0.408 e. The molecule has 0 aromatic rings. The lowest BCUT2D eigenvalue weighted by atomic mass is 9.90. The number of amides is 6. The minimum atomic E-state index is -1.76. The van der Waals surface area contributed by atoms with E-state index in [0.717, 1.165) is 4.90 Å². The van der Waals surface area contributed by atoms with Gasteiger partial charge in [-0.2, -0.15) is 0 Å². The lowest BCUT2D eigenvalue weighted by Crippen LogP contribution is -2.68. The largest absolute Gasteiger partial charge is 0.481 e. The number of Topliss-reactive ketones (excluding diaryl/α,β-unsaturated/α-hetero) is 2. The fourth-order valence-electron chi connectivity index (χ4n) is 7.90. The van der Waals surface area contributed by atoms with Crippen LogP contribution in [0.4, 0.5) is 4.79 Å². The zero-order chi connectivity index (χ0) is 51.4. The Morgan fingerprint density at radius 2 is 1.30 bits per heavy atom. The summed E-state index contributed by atoms with van der Waals surface area (Å²) in [6.07, 6.45) is -1.04. The van der Waals surface area contributed by atoms with Crippen molar-refractivity contribution in [3.63, 3.8) is 0 Å².